The van der Waals surface area contributed by atoms with Crippen LogP contribution in [0.5, 0.6) is 0 Å². The summed E-state index contributed by atoms with van der Waals surface area (Å²) >= 11 is 10.4. The first kappa shape index (κ1) is 17.8. The SMILES string of the molecule is N/C(=N\n1c(=S)[nH]c2ccccc2c1=O)Nn1c(=S)[nH]c2ccccc2c1=O. The van der Waals surface area contributed by atoms with Gasteiger partial charge < -0.3 is 15.7 Å². The molecule has 0 fully saturated rings. The number of aromatic nitrogens is 4. The van der Waals surface area contributed by atoms with Crippen molar-refractivity contribution in [3.05, 3.63) is 78.8 Å². The number of para-hydroxylation sites is 2. The summed E-state index contributed by atoms with van der Waals surface area (Å²) in [5.41, 5.74) is 8.83. The first-order valence-electron chi connectivity index (χ1n) is 8.05. The van der Waals surface area contributed by atoms with Gasteiger partial charge in [0.2, 0.25) is 10.7 Å². The van der Waals surface area contributed by atoms with E-state index < -0.39 is 11.1 Å². The second-order valence-electron chi connectivity index (χ2n) is 5.81. The van der Waals surface area contributed by atoms with E-state index in [2.05, 4.69) is 20.5 Å². The summed E-state index contributed by atoms with van der Waals surface area (Å²) in [7, 11) is 0. The van der Waals surface area contributed by atoms with Crippen molar-refractivity contribution < 1.29 is 0 Å². The van der Waals surface area contributed by atoms with E-state index in [9.17, 15) is 9.59 Å². The summed E-state index contributed by atoms with van der Waals surface area (Å²) in [6, 6.07) is 13.8. The molecule has 4 rings (SSSR count). The third-order valence-electron chi connectivity index (χ3n) is 4.02. The molecule has 5 N–H and O–H groups in total. The summed E-state index contributed by atoms with van der Waals surface area (Å²) < 4.78 is 2.14. The summed E-state index contributed by atoms with van der Waals surface area (Å²) in [4.78, 5) is 31.1. The van der Waals surface area contributed by atoms with Crippen LogP contribution in [-0.2, 0) is 0 Å². The van der Waals surface area contributed by atoms with E-state index in [1.165, 1.54) is 0 Å². The van der Waals surface area contributed by atoms with Gasteiger partial charge in [-0.1, -0.05) is 24.3 Å². The summed E-state index contributed by atoms with van der Waals surface area (Å²) in [5.74, 6) is -0.242. The van der Waals surface area contributed by atoms with Crippen molar-refractivity contribution in [3.8, 4) is 0 Å². The molecule has 0 amide bonds. The molecule has 0 unspecified atom stereocenters. The number of fused-ring (bicyclic) bond motifs is 2. The Hall–Kier alpha value is -3.57. The average Bonchev–Trinajstić information content (AvgIpc) is 2.68. The van der Waals surface area contributed by atoms with Gasteiger partial charge in [-0.3, -0.25) is 15.0 Å². The first-order chi connectivity index (χ1) is 13.5. The third kappa shape index (κ3) is 3.02. The van der Waals surface area contributed by atoms with Crippen LogP contribution in [-0.4, -0.2) is 25.3 Å². The Morgan fingerprint density at radius 3 is 2.07 bits per heavy atom. The Morgan fingerprint density at radius 1 is 0.893 bits per heavy atom. The van der Waals surface area contributed by atoms with E-state index in [0.717, 1.165) is 9.35 Å². The van der Waals surface area contributed by atoms with Gasteiger partial charge >= 0.3 is 0 Å². The lowest BCUT2D eigenvalue weighted by molar-refractivity contribution is 0.780. The lowest BCUT2D eigenvalue weighted by Crippen LogP contribution is -2.39. The van der Waals surface area contributed by atoms with Gasteiger partial charge in [0.1, 0.15) is 0 Å². The Kier molecular flexibility index (Phi) is 4.37. The van der Waals surface area contributed by atoms with Crippen molar-refractivity contribution >= 4 is 52.2 Å². The molecule has 0 aliphatic carbocycles. The van der Waals surface area contributed by atoms with Crippen molar-refractivity contribution in [2.24, 2.45) is 10.8 Å². The number of hydrogen-bond donors (Lipinski definition) is 4. The topological polar surface area (TPSA) is 126 Å². The number of H-pyrrole nitrogens is 2. The highest BCUT2D eigenvalue weighted by molar-refractivity contribution is 7.71. The number of nitrogens with zero attached hydrogens (tertiary/aromatic N) is 3. The maximum atomic E-state index is 12.7. The normalized spacial score (nSPS) is 11.8. The van der Waals surface area contributed by atoms with Gasteiger partial charge in [0.15, 0.2) is 4.77 Å². The Morgan fingerprint density at radius 2 is 1.43 bits per heavy atom. The lowest BCUT2D eigenvalue weighted by Gasteiger charge is -2.10. The van der Waals surface area contributed by atoms with Crippen molar-refractivity contribution in [1.29, 1.82) is 0 Å². The van der Waals surface area contributed by atoms with Crippen LogP contribution in [0, 0.1) is 9.54 Å². The number of nitrogens with two attached hydrogens (primary N) is 1. The fraction of sp³-hybridized carbons (Fsp3) is 0. The quantitative estimate of drug-likeness (QED) is 0.226. The van der Waals surface area contributed by atoms with E-state index >= 15 is 0 Å². The van der Waals surface area contributed by atoms with Crippen LogP contribution >= 0.6 is 24.4 Å². The minimum Gasteiger partial charge on any atom is -0.367 e. The maximum Gasteiger partial charge on any atom is 0.283 e. The maximum absolute atomic E-state index is 12.7. The van der Waals surface area contributed by atoms with Gasteiger partial charge in [-0.2, -0.15) is 9.35 Å². The number of hydrogen-bond acceptors (Lipinski definition) is 5. The van der Waals surface area contributed by atoms with E-state index in [4.69, 9.17) is 30.2 Å². The Labute approximate surface area is 166 Å². The van der Waals surface area contributed by atoms with Gasteiger partial charge in [-0.15, -0.1) is 5.10 Å². The number of rotatable bonds is 2. The van der Waals surface area contributed by atoms with Crippen LogP contribution in [0.1, 0.15) is 0 Å². The van der Waals surface area contributed by atoms with Crippen molar-refractivity contribution in [1.82, 2.24) is 19.3 Å². The largest absolute Gasteiger partial charge is 0.367 e. The van der Waals surface area contributed by atoms with Crippen LogP contribution in [0.4, 0.5) is 0 Å². The van der Waals surface area contributed by atoms with Crippen molar-refractivity contribution in [2.75, 3.05) is 5.43 Å². The van der Waals surface area contributed by atoms with Crippen LogP contribution in [0.2, 0.25) is 0 Å². The van der Waals surface area contributed by atoms with Gasteiger partial charge in [0.25, 0.3) is 11.1 Å². The van der Waals surface area contributed by atoms with Crippen LogP contribution < -0.4 is 22.3 Å². The van der Waals surface area contributed by atoms with E-state index in [0.29, 0.717) is 21.8 Å². The van der Waals surface area contributed by atoms with E-state index in [1.807, 2.05) is 0 Å². The Balaban J connectivity index is 1.82. The fourth-order valence-corrected chi connectivity index (χ4v) is 3.22. The molecule has 0 aliphatic rings. The molecule has 0 bridgehead atoms. The molecule has 0 radical (unpaired) electrons. The smallest absolute Gasteiger partial charge is 0.283 e. The van der Waals surface area contributed by atoms with Crippen molar-refractivity contribution in [3.63, 3.8) is 0 Å². The van der Waals surface area contributed by atoms with E-state index in [1.54, 1.807) is 48.5 Å². The molecule has 0 saturated carbocycles. The summed E-state index contributed by atoms with van der Waals surface area (Å²) in [6.07, 6.45) is 0. The first-order valence-corrected chi connectivity index (χ1v) is 8.87. The van der Waals surface area contributed by atoms with E-state index in [-0.39, 0.29) is 15.5 Å². The molecule has 0 atom stereocenters. The Bertz CT molecular complexity index is 1490. The van der Waals surface area contributed by atoms with Gasteiger partial charge in [0.05, 0.1) is 21.8 Å². The molecule has 2 heterocycles. The molecular weight excluding hydrogens is 398 g/mol. The monoisotopic (exact) mass is 411 g/mol. The standard InChI is InChI=1S/C17H13N7O2S2/c18-15(21-23-13(25)9-5-1-3-7-11(9)19-16(23)27)22-24-14(26)10-6-2-4-8-12(10)20-17(24)28/h1-8H,(H,19,27)(H,20,28)(H3,18,21,22). The van der Waals surface area contributed by atoms with Crippen LogP contribution in [0.25, 0.3) is 21.8 Å². The summed E-state index contributed by atoms with van der Waals surface area (Å²) in [6.45, 7) is 0. The van der Waals surface area contributed by atoms with Crippen molar-refractivity contribution in [2.45, 2.75) is 0 Å². The minimum absolute atomic E-state index is 0.0597. The van der Waals surface area contributed by atoms with Gasteiger partial charge in [-0.25, -0.2) is 0 Å². The highest BCUT2D eigenvalue weighted by Crippen LogP contribution is 2.06. The zero-order chi connectivity index (χ0) is 19.8. The van der Waals surface area contributed by atoms with Crippen LogP contribution in [0.3, 0.4) is 0 Å². The fourth-order valence-electron chi connectivity index (χ4n) is 2.75. The molecule has 2 aromatic carbocycles. The molecule has 2 aromatic heterocycles. The zero-order valence-corrected chi connectivity index (χ0v) is 15.8. The molecule has 28 heavy (non-hydrogen) atoms. The second-order valence-corrected chi connectivity index (χ2v) is 6.58. The molecule has 0 spiro atoms. The lowest BCUT2D eigenvalue weighted by atomic mass is 10.2. The molecule has 11 heteroatoms. The number of nitrogens with one attached hydrogen (secondary N) is 3. The van der Waals surface area contributed by atoms with Gasteiger partial charge in [0, 0.05) is 0 Å². The van der Waals surface area contributed by atoms with Crippen LogP contribution in [0.15, 0.2) is 63.2 Å². The number of benzene rings is 2. The molecule has 0 aliphatic heterocycles. The predicted molar refractivity (Wildman–Crippen MR) is 113 cm³/mol. The molecule has 9 nitrogen and oxygen atoms in total. The minimum atomic E-state index is -0.444. The summed E-state index contributed by atoms with van der Waals surface area (Å²) in [5, 5.41) is 4.81. The second kappa shape index (κ2) is 6.87. The number of aromatic amines is 2. The highest BCUT2D eigenvalue weighted by Gasteiger charge is 2.08. The number of guanidine groups is 1. The molecule has 140 valence electrons. The predicted octanol–water partition coefficient (Wildman–Crippen LogP) is 1.75. The molecule has 0 saturated heterocycles. The van der Waals surface area contributed by atoms with Gasteiger partial charge in [-0.05, 0) is 48.7 Å². The molecule has 4 aromatic rings. The third-order valence-corrected chi connectivity index (χ3v) is 4.58. The zero-order valence-electron chi connectivity index (χ0n) is 14.2. The average molecular weight is 411 g/mol. The molecular formula is C17H13N7O2S2. The highest BCUT2D eigenvalue weighted by atomic mass is 32.1.